The molecule has 11 nitrogen and oxygen atoms in total. The van der Waals surface area contributed by atoms with E-state index in [1.807, 2.05) is 0 Å². The summed E-state index contributed by atoms with van der Waals surface area (Å²) in [4.78, 5) is 38.8. The van der Waals surface area contributed by atoms with Crippen LogP contribution in [0.1, 0.15) is 24.6 Å². The molecule has 2 N–H and O–H groups in total. The van der Waals surface area contributed by atoms with Crippen molar-refractivity contribution in [1.29, 1.82) is 0 Å². The zero-order valence-electron chi connectivity index (χ0n) is 15.5. The minimum Gasteiger partial charge on any atom is -0.424 e. The topological polar surface area (TPSA) is 159 Å². The van der Waals surface area contributed by atoms with Gasteiger partial charge in [-0.3, -0.25) is 14.3 Å². The number of aryl methyl sites for hydroxylation is 1. The molecule has 0 aliphatic carbocycles. The molecule has 4 unspecified atom stereocenters. The maximum absolute atomic E-state index is 12.4. The largest absolute Gasteiger partial charge is 0.424 e. The second kappa shape index (κ2) is 8.67. The molecule has 1 fully saturated rings. The SMILES string of the molecule is Cc1cn(C2CC(N=[N+]=[N-])C(CCP(=O)(O)Oc3ccccc3)O2)c(=O)[nH]c1=O. The highest BCUT2D eigenvalue weighted by Crippen LogP contribution is 2.45. The summed E-state index contributed by atoms with van der Waals surface area (Å²) in [5.41, 5.74) is 8.00. The van der Waals surface area contributed by atoms with Crippen LogP contribution in [0, 0.1) is 6.92 Å². The van der Waals surface area contributed by atoms with E-state index in [1.54, 1.807) is 37.3 Å². The first-order valence-electron chi connectivity index (χ1n) is 8.87. The van der Waals surface area contributed by atoms with E-state index >= 15 is 0 Å². The number of nitrogens with zero attached hydrogens (tertiary/aromatic N) is 4. The van der Waals surface area contributed by atoms with Crippen molar-refractivity contribution in [2.75, 3.05) is 6.16 Å². The van der Waals surface area contributed by atoms with Crippen LogP contribution in [-0.4, -0.2) is 32.8 Å². The molecule has 1 saturated heterocycles. The molecule has 154 valence electrons. The fraction of sp³-hybridized carbons (Fsp3) is 0.412. The standard InChI is InChI=1S/C17H20N5O6P/c1-11-10-22(17(24)19-16(11)23)15-9-13(20-21-18)14(27-15)7-8-29(25,26)28-12-5-3-2-4-6-12/h2-6,10,13-15H,7-9H2,1H3,(H,25,26)(H,19,23,24). The Bertz CT molecular complexity index is 1080. The monoisotopic (exact) mass is 421 g/mol. The van der Waals surface area contributed by atoms with Crippen LogP contribution in [0.3, 0.4) is 0 Å². The number of H-pyrrole nitrogens is 1. The Kier molecular flexibility index (Phi) is 6.24. The van der Waals surface area contributed by atoms with Crippen molar-refractivity contribution in [3.8, 4) is 5.75 Å². The smallest absolute Gasteiger partial charge is 0.376 e. The van der Waals surface area contributed by atoms with Crippen molar-refractivity contribution in [3.63, 3.8) is 0 Å². The quantitative estimate of drug-likeness (QED) is 0.302. The highest BCUT2D eigenvalue weighted by atomic mass is 31.2. The summed E-state index contributed by atoms with van der Waals surface area (Å²) in [5.74, 6) is 0.269. The first-order valence-corrected chi connectivity index (χ1v) is 10.6. The third-order valence-electron chi connectivity index (χ3n) is 4.55. The van der Waals surface area contributed by atoms with Crippen LogP contribution in [-0.2, 0) is 9.30 Å². The third-order valence-corrected chi connectivity index (χ3v) is 5.87. The van der Waals surface area contributed by atoms with Gasteiger partial charge in [0.1, 0.15) is 12.0 Å². The number of azide groups is 1. The number of benzene rings is 1. The summed E-state index contributed by atoms with van der Waals surface area (Å²) in [6.07, 6.45) is -0.0399. The van der Waals surface area contributed by atoms with Gasteiger partial charge in [-0.05, 0) is 31.0 Å². The Morgan fingerprint density at radius 3 is 2.83 bits per heavy atom. The first-order chi connectivity index (χ1) is 13.8. The van der Waals surface area contributed by atoms with Gasteiger partial charge in [0.2, 0.25) is 0 Å². The van der Waals surface area contributed by atoms with E-state index in [-0.39, 0.29) is 24.8 Å². The van der Waals surface area contributed by atoms with Gasteiger partial charge in [0, 0.05) is 23.1 Å². The lowest BCUT2D eigenvalue weighted by atomic mass is 10.1. The minimum absolute atomic E-state index is 0.0812. The fourth-order valence-corrected chi connectivity index (χ4v) is 4.24. The molecule has 1 aliphatic heterocycles. The van der Waals surface area contributed by atoms with E-state index in [2.05, 4.69) is 15.0 Å². The lowest BCUT2D eigenvalue weighted by Gasteiger charge is -2.19. The molecule has 1 aromatic carbocycles. The Labute approximate surface area is 165 Å². The molecule has 0 amide bonds. The van der Waals surface area contributed by atoms with Gasteiger partial charge in [-0.25, -0.2) is 9.36 Å². The Morgan fingerprint density at radius 1 is 1.41 bits per heavy atom. The fourth-order valence-electron chi connectivity index (χ4n) is 3.12. The molecule has 12 heteroatoms. The number of aromatic nitrogens is 2. The molecule has 2 heterocycles. The van der Waals surface area contributed by atoms with Crippen molar-refractivity contribution < 1.29 is 18.7 Å². The summed E-state index contributed by atoms with van der Waals surface area (Å²) in [5, 5.41) is 3.69. The van der Waals surface area contributed by atoms with E-state index in [1.165, 1.54) is 10.8 Å². The maximum Gasteiger partial charge on any atom is 0.376 e. The highest BCUT2D eigenvalue weighted by Gasteiger charge is 2.37. The van der Waals surface area contributed by atoms with E-state index in [4.69, 9.17) is 14.8 Å². The van der Waals surface area contributed by atoms with E-state index in [0.29, 0.717) is 5.56 Å². The number of ether oxygens (including phenoxy) is 1. The zero-order chi connectivity index (χ0) is 21.0. The van der Waals surface area contributed by atoms with Gasteiger partial charge in [-0.15, -0.1) is 0 Å². The Balaban J connectivity index is 1.72. The van der Waals surface area contributed by atoms with Gasteiger partial charge in [0.25, 0.3) is 5.56 Å². The second-order valence-electron chi connectivity index (χ2n) is 6.67. The average molecular weight is 421 g/mol. The van der Waals surface area contributed by atoms with Crippen LogP contribution < -0.4 is 15.8 Å². The summed E-state index contributed by atoms with van der Waals surface area (Å²) >= 11 is 0. The molecule has 3 rings (SSSR count). The lowest BCUT2D eigenvalue weighted by Crippen LogP contribution is -2.33. The van der Waals surface area contributed by atoms with E-state index < -0.39 is 37.2 Å². The van der Waals surface area contributed by atoms with Crippen LogP contribution in [0.2, 0.25) is 0 Å². The highest BCUT2D eigenvalue weighted by molar-refractivity contribution is 7.53. The summed E-state index contributed by atoms with van der Waals surface area (Å²) in [6.45, 7) is 1.55. The van der Waals surface area contributed by atoms with Crippen LogP contribution in [0.25, 0.3) is 10.4 Å². The van der Waals surface area contributed by atoms with Crippen molar-refractivity contribution >= 4 is 7.60 Å². The molecule has 29 heavy (non-hydrogen) atoms. The number of nitrogens with one attached hydrogen (secondary N) is 1. The zero-order valence-corrected chi connectivity index (χ0v) is 16.4. The average Bonchev–Trinajstić information content (AvgIpc) is 3.06. The van der Waals surface area contributed by atoms with Crippen molar-refractivity contribution in [2.45, 2.75) is 38.1 Å². The molecule has 0 radical (unpaired) electrons. The Morgan fingerprint density at radius 2 is 2.14 bits per heavy atom. The lowest BCUT2D eigenvalue weighted by molar-refractivity contribution is -0.00423. The van der Waals surface area contributed by atoms with Crippen molar-refractivity contribution in [2.24, 2.45) is 5.11 Å². The van der Waals surface area contributed by atoms with Gasteiger partial charge in [-0.1, -0.05) is 23.3 Å². The molecule has 4 atom stereocenters. The van der Waals surface area contributed by atoms with Gasteiger partial charge in [0.15, 0.2) is 0 Å². The maximum atomic E-state index is 12.4. The van der Waals surface area contributed by atoms with Crippen LogP contribution in [0.5, 0.6) is 5.75 Å². The van der Waals surface area contributed by atoms with Crippen LogP contribution in [0.4, 0.5) is 0 Å². The summed E-state index contributed by atoms with van der Waals surface area (Å²) in [7, 11) is -3.96. The number of hydrogen-bond donors (Lipinski definition) is 2. The second-order valence-corrected chi connectivity index (χ2v) is 8.57. The van der Waals surface area contributed by atoms with Crippen LogP contribution in [0.15, 0.2) is 51.2 Å². The van der Waals surface area contributed by atoms with Crippen molar-refractivity contribution in [3.05, 3.63) is 73.4 Å². The summed E-state index contributed by atoms with van der Waals surface area (Å²) < 4.78 is 24.6. The predicted octanol–water partition coefficient (Wildman–Crippen LogP) is 2.47. The molecule has 2 aromatic rings. The van der Waals surface area contributed by atoms with Gasteiger partial charge < -0.3 is 14.2 Å². The van der Waals surface area contributed by atoms with Gasteiger partial charge in [-0.2, -0.15) is 0 Å². The van der Waals surface area contributed by atoms with E-state index in [9.17, 15) is 19.0 Å². The molecular formula is C17H20N5O6P. The van der Waals surface area contributed by atoms with E-state index in [0.717, 1.165) is 0 Å². The first kappa shape index (κ1) is 20.9. The molecular weight excluding hydrogens is 401 g/mol. The third kappa shape index (κ3) is 5.16. The molecule has 0 spiro atoms. The molecule has 0 saturated carbocycles. The minimum atomic E-state index is -3.96. The Hall–Kier alpha value is -2.84. The van der Waals surface area contributed by atoms with Gasteiger partial charge in [0.05, 0.1) is 18.3 Å². The molecule has 1 aliphatic rings. The van der Waals surface area contributed by atoms with Crippen LogP contribution >= 0.6 is 7.60 Å². The molecule has 1 aromatic heterocycles. The predicted molar refractivity (Wildman–Crippen MR) is 104 cm³/mol. The van der Waals surface area contributed by atoms with Crippen molar-refractivity contribution in [1.82, 2.24) is 9.55 Å². The normalized spacial score (nSPS) is 23.2. The molecule has 0 bridgehead atoms. The number of hydrogen-bond acceptors (Lipinski definition) is 6. The number of aromatic amines is 1. The van der Waals surface area contributed by atoms with Gasteiger partial charge >= 0.3 is 13.3 Å². The number of rotatable bonds is 7. The summed E-state index contributed by atoms with van der Waals surface area (Å²) in [6, 6.07) is 7.62. The number of para-hydroxylation sites is 1.